The zero-order chi connectivity index (χ0) is 13.0. The lowest BCUT2D eigenvalue weighted by molar-refractivity contribution is -0.141. The number of nitrogens with one attached hydrogen (secondary N) is 1. The molecule has 4 nitrogen and oxygen atoms in total. The van der Waals surface area contributed by atoms with Crippen molar-refractivity contribution in [3.8, 4) is 0 Å². The molecule has 1 aliphatic rings. The lowest BCUT2D eigenvalue weighted by Crippen LogP contribution is -2.44. The molecular weight excluding hydrogens is 216 g/mol. The summed E-state index contributed by atoms with van der Waals surface area (Å²) in [6, 6.07) is -0.230. The van der Waals surface area contributed by atoms with Gasteiger partial charge in [0.2, 0.25) is 11.8 Å². The van der Waals surface area contributed by atoms with Gasteiger partial charge in [0.25, 0.3) is 0 Å². The summed E-state index contributed by atoms with van der Waals surface area (Å²) in [5, 5.41) is 3.18. The molecule has 2 amide bonds. The second kappa shape index (κ2) is 6.15. The first-order valence-corrected chi connectivity index (χ1v) is 6.60. The molecule has 1 N–H and O–H groups in total. The Morgan fingerprint density at radius 1 is 1.29 bits per heavy atom. The number of rotatable bonds is 6. The van der Waals surface area contributed by atoms with E-state index < -0.39 is 0 Å². The Bertz CT molecular complexity index is 285. The number of hydrogen-bond donors (Lipinski definition) is 1. The number of carbonyl (C=O) groups is 2. The average molecular weight is 240 g/mol. The van der Waals surface area contributed by atoms with Crippen LogP contribution in [0.5, 0.6) is 0 Å². The predicted octanol–water partition coefficient (Wildman–Crippen LogP) is 1.55. The van der Waals surface area contributed by atoms with Gasteiger partial charge in [-0.2, -0.15) is 0 Å². The van der Waals surface area contributed by atoms with Gasteiger partial charge in [-0.25, -0.2) is 0 Å². The minimum absolute atomic E-state index is 0.0232. The van der Waals surface area contributed by atoms with Crippen LogP contribution in [0.4, 0.5) is 0 Å². The second-order valence-corrected chi connectivity index (χ2v) is 5.13. The van der Waals surface area contributed by atoms with E-state index in [0.717, 1.165) is 19.4 Å². The Hall–Kier alpha value is -0.900. The number of nitrogens with zero attached hydrogens (tertiary/aromatic N) is 1. The highest BCUT2D eigenvalue weighted by molar-refractivity contribution is 6.05. The first-order chi connectivity index (χ1) is 8.01. The first kappa shape index (κ1) is 14.2. The summed E-state index contributed by atoms with van der Waals surface area (Å²) in [4.78, 5) is 25.5. The molecule has 0 spiro atoms. The van der Waals surface area contributed by atoms with Crippen LogP contribution in [0, 0.1) is 5.92 Å². The standard InChI is InChI=1S/C13H24N2O2/c1-5-10(6-2)15-12(16)7-11(13(15)17)14-8-9(3)4/h9-11,14H,5-8H2,1-4H3. The van der Waals surface area contributed by atoms with Crippen molar-refractivity contribution in [1.29, 1.82) is 0 Å². The minimum Gasteiger partial charge on any atom is -0.305 e. The van der Waals surface area contributed by atoms with Crippen molar-refractivity contribution in [2.45, 2.75) is 59.0 Å². The lowest BCUT2D eigenvalue weighted by atomic mass is 10.1. The van der Waals surface area contributed by atoms with E-state index >= 15 is 0 Å². The van der Waals surface area contributed by atoms with Crippen molar-refractivity contribution in [3.05, 3.63) is 0 Å². The molecule has 1 fully saturated rings. The van der Waals surface area contributed by atoms with Crippen molar-refractivity contribution in [1.82, 2.24) is 10.2 Å². The topological polar surface area (TPSA) is 49.4 Å². The van der Waals surface area contributed by atoms with Crippen molar-refractivity contribution in [2.75, 3.05) is 6.54 Å². The number of hydrogen-bond acceptors (Lipinski definition) is 3. The minimum atomic E-state index is -0.300. The maximum Gasteiger partial charge on any atom is 0.247 e. The molecular formula is C13H24N2O2. The molecule has 1 heterocycles. The molecule has 98 valence electrons. The highest BCUT2D eigenvalue weighted by Gasteiger charge is 2.40. The molecule has 1 atom stereocenters. The van der Waals surface area contributed by atoms with E-state index in [-0.39, 0.29) is 23.9 Å². The molecule has 0 aromatic rings. The number of imide groups is 1. The van der Waals surface area contributed by atoms with Crippen molar-refractivity contribution in [2.24, 2.45) is 5.92 Å². The fourth-order valence-corrected chi connectivity index (χ4v) is 2.23. The van der Waals surface area contributed by atoms with E-state index in [9.17, 15) is 9.59 Å². The van der Waals surface area contributed by atoms with Gasteiger partial charge < -0.3 is 5.32 Å². The van der Waals surface area contributed by atoms with Crippen LogP contribution < -0.4 is 5.32 Å². The van der Waals surface area contributed by atoms with Gasteiger partial charge in [-0.05, 0) is 25.3 Å². The molecule has 4 heteroatoms. The summed E-state index contributed by atoms with van der Waals surface area (Å²) >= 11 is 0. The van der Waals surface area contributed by atoms with E-state index in [1.54, 1.807) is 0 Å². The largest absolute Gasteiger partial charge is 0.305 e. The normalized spacial score (nSPS) is 21.1. The van der Waals surface area contributed by atoms with Crippen molar-refractivity contribution in [3.63, 3.8) is 0 Å². The van der Waals surface area contributed by atoms with Crippen LogP contribution in [0.25, 0.3) is 0 Å². The molecule has 1 rings (SSSR count). The van der Waals surface area contributed by atoms with E-state index in [0.29, 0.717) is 12.3 Å². The Morgan fingerprint density at radius 2 is 1.88 bits per heavy atom. The van der Waals surface area contributed by atoms with Crippen LogP contribution in [0.3, 0.4) is 0 Å². The fourth-order valence-electron chi connectivity index (χ4n) is 2.23. The summed E-state index contributed by atoms with van der Waals surface area (Å²) in [6.07, 6.45) is 2.00. The molecule has 0 aliphatic carbocycles. The van der Waals surface area contributed by atoms with Crippen LogP contribution in [0.1, 0.15) is 47.0 Å². The highest BCUT2D eigenvalue weighted by atomic mass is 16.2. The Labute approximate surface area is 104 Å². The van der Waals surface area contributed by atoms with Gasteiger partial charge in [0, 0.05) is 6.04 Å². The monoisotopic (exact) mass is 240 g/mol. The molecule has 1 saturated heterocycles. The highest BCUT2D eigenvalue weighted by Crippen LogP contribution is 2.20. The molecule has 1 aliphatic heterocycles. The summed E-state index contributed by atoms with van der Waals surface area (Å²) in [6.45, 7) is 8.99. The molecule has 1 unspecified atom stereocenters. The Morgan fingerprint density at radius 3 is 2.35 bits per heavy atom. The second-order valence-electron chi connectivity index (χ2n) is 5.13. The van der Waals surface area contributed by atoms with Gasteiger partial charge in [0.1, 0.15) is 0 Å². The van der Waals surface area contributed by atoms with Gasteiger partial charge in [-0.15, -0.1) is 0 Å². The summed E-state index contributed by atoms with van der Waals surface area (Å²) in [5.74, 6) is 0.425. The summed E-state index contributed by atoms with van der Waals surface area (Å²) in [7, 11) is 0. The van der Waals surface area contributed by atoms with Gasteiger partial charge in [-0.1, -0.05) is 27.7 Å². The zero-order valence-electron chi connectivity index (χ0n) is 11.3. The molecule has 0 bridgehead atoms. The van der Waals surface area contributed by atoms with E-state index in [1.807, 2.05) is 13.8 Å². The van der Waals surface area contributed by atoms with Gasteiger partial charge in [-0.3, -0.25) is 14.5 Å². The molecule has 0 saturated carbocycles. The van der Waals surface area contributed by atoms with Crippen LogP contribution in [0.2, 0.25) is 0 Å². The van der Waals surface area contributed by atoms with Crippen molar-refractivity contribution < 1.29 is 9.59 Å². The lowest BCUT2D eigenvalue weighted by Gasteiger charge is -2.24. The number of likely N-dealkylation sites (tertiary alicyclic amines) is 1. The summed E-state index contributed by atoms with van der Waals surface area (Å²) < 4.78 is 0. The smallest absolute Gasteiger partial charge is 0.247 e. The van der Waals surface area contributed by atoms with Gasteiger partial charge in [0.15, 0.2) is 0 Å². The SMILES string of the molecule is CCC(CC)N1C(=O)CC(NCC(C)C)C1=O. The third-order valence-corrected chi connectivity index (χ3v) is 3.26. The summed E-state index contributed by atoms with van der Waals surface area (Å²) in [5.41, 5.74) is 0. The predicted molar refractivity (Wildman–Crippen MR) is 67.5 cm³/mol. The van der Waals surface area contributed by atoms with E-state index in [2.05, 4.69) is 19.2 Å². The molecule has 0 radical (unpaired) electrons. The Balaban J connectivity index is 2.64. The first-order valence-electron chi connectivity index (χ1n) is 6.60. The van der Waals surface area contributed by atoms with Crippen LogP contribution in [-0.2, 0) is 9.59 Å². The van der Waals surface area contributed by atoms with E-state index in [1.165, 1.54) is 4.90 Å². The molecule has 17 heavy (non-hydrogen) atoms. The van der Waals surface area contributed by atoms with Crippen LogP contribution in [-0.4, -0.2) is 35.3 Å². The third kappa shape index (κ3) is 3.28. The van der Waals surface area contributed by atoms with Gasteiger partial charge >= 0.3 is 0 Å². The molecule has 0 aromatic heterocycles. The van der Waals surface area contributed by atoms with Gasteiger partial charge in [0.05, 0.1) is 12.5 Å². The number of amides is 2. The Kier molecular flexibility index (Phi) is 5.12. The number of carbonyl (C=O) groups excluding carboxylic acids is 2. The maximum atomic E-state index is 12.1. The average Bonchev–Trinajstić information content (AvgIpc) is 2.55. The third-order valence-electron chi connectivity index (χ3n) is 3.26. The zero-order valence-corrected chi connectivity index (χ0v) is 11.3. The quantitative estimate of drug-likeness (QED) is 0.717. The maximum absolute atomic E-state index is 12.1. The van der Waals surface area contributed by atoms with E-state index in [4.69, 9.17) is 0 Å². The molecule has 0 aromatic carbocycles. The van der Waals surface area contributed by atoms with Crippen LogP contribution in [0.15, 0.2) is 0 Å². The fraction of sp³-hybridized carbons (Fsp3) is 0.846. The van der Waals surface area contributed by atoms with Crippen molar-refractivity contribution >= 4 is 11.8 Å². The van der Waals surface area contributed by atoms with Crippen LogP contribution >= 0.6 is 0 Å².